The molecule has 2 rings (SSSR count). The molecule has 1 unspecified atom stereocenters. The maximum Gasteiger partial charge on any atom is 0.271 e. The van der Waals surface area contributed by atoms with Crippen LogP contribution in [0.4, 0.5) is 0 Å². The molecule has 7 nitrogen and oxygen atoms in total. The molecule has 8 heteroatoms. The van der Waals surface area contributed by atoms with Gasteiger partial charge in [-0.1, -0.05) is 0 Å². The van der Waals surface area contributed by atoms with Crippen LogP contribution < -0.4 is 10.5 Å². The van der Waals surface area contributed by atoms with E-state index in [0.717, 1.165) is 19.7 Å². The number of hydrogen-bond donors (Lipinski definition) is 2. The van der Waals surface area contributed by atoms with Crippen LogP contribution in [-0.2, 0) is 21.3 Å². The van der Waals surface area contributed by atoms with Gasteiger partial charge in [-0.25, -0.2) is 13.6 Å². The van der Waals surface area contributed by atoms with Crippen molar-refractivity contribution in [2.75, 3.05) is 33.3 Å². The number of morpholine rings is 1. The molecule has 0 saturated carbocycles. The van der Waals surface area contributed by atoms with Gasteiger partial charge in [0.1, 0.15) is 5.76 Å². The maximum atomic E-state index is 11.0. The number of likely N-dealkylation sites (N-methyl/N-ethyl adjacent to an activating group) is 1. The number of nitrogens with one attached hydrogen (secondary N) is 1. The summed E-state index contributed by atoms with van der Waals surface area (Å²) in [6.45, 7) is 3.70. The van der Waals surface area contributed by atoms with Gasteiger partial charge in [0.15, 0.2) is 0 Å². The second-order valence-electron chi connectivity index (χ2n) is 4.65. The van der Waals surface area contributed by atoms with Gasteiger partial charge >= 0.3 is 0 Å². The highest BCUT2D eigenvalue weighted by molar-refractivity contribution is 7.89. The molecule has 1 aliphatic heterocycles. The molecule has 2 heterocycles. The van der Waals surface area contributed by atoms with E-state index in [2.05, 4.69) is 17.3 Å². The Labute approximate surface area is 112 Å². The zero-order valence-corrected chi connectivity index (χ0v) is 11.6. The number of hydrogen-bond acceptors (Lipinski definition) is 6. The molecule has 0 aromatic carbocycles. The van der Waals surface area contributed by atoms with Crippen LogP contribution in [0.15, 0.2) is 21.6 Å². The summed E-state index contributed by atoms with van der Waals surface area (Å²) in [7, 11) is -1.70. The van der Waals surface area contributed by atoms with Gasteiger partial charge in [-0.05, 0) is 19.2 Å². The summed E-state index contributed by atoms with van der Waals surface area (Å²) in [6.07, 6.45) is 0.145. The predicted octanol–water partition coefficient (Wildman–Crippen LogP) is -0.653. The van der Waals surface area contributed by atoms with Gasteiger partial charge in [-0.3, -0.25) is 0 Å². The van der Waals surface area contributed by atoms with E-state index < -0.39 is 10.0 Å². The number of sulfonamides is 1. The van der Waals surface area contributed by atoms with E-state index in [1.807, 2.05) is 0 Å². The molecular weight excluding hydrogens is 270 g/mol. The first-order valence-corrected chi connectivity index (χ1v) is 7.62. The number of ether oxygens (including phenoxy) is 1. The van der Waals surface area contributed by atoms with Crippen LogP contribution >= 0.6 is 0 Å². The Morgan fingerprint density at radius 3 is 2.95 bits per heavy atom. The summed E-state index contributed by atoms with van der Waals surface area (Å²) >= 11 is 0. The van der Waals surface area contributed by atoms with E-state index in [1.165, 1.54) is 6.07 Å². The van der Waals surface area contributed by atoms with Crippen molar-refractivity contribution >= 4 is 10.0 Å². The minimum absolute atomic E-state index is 0.145. The summed E-state index contributed by atoms with van der Waals surface area (Å²) < 4.78 is 32.8. The Morgan fingerprint density at radius 1 is 1.53 bits per heavy atom. The predicted molar refractivity (Wildman–Crippen MR) is 69.0 cm³/mol. The fraction of sp³-hybridized carbons (Fsp3) is 0.636. The lowest BCUT2D eigenvalue weighted by Gasteiger charge is -2.30. The molecule has 3 N–H and O–H groups in total. The number of primary sulfonamides is 1. The molecule has 0 aliphatic carbocycles. The lowest BCUT2D eigenvalue weighted by Crippen LogP contribution is -2.44. The van der Waals surface area contributed by atoms with Crippen LogP contribution in [0.2, 0.25) is 0 Å². The van der Waals surface area contributed by atoms with E-state index in [0.29, 0.717) is 18.8 Å². The molecule has 1 aliphatic rings. The molecular formula is C11H19N3O4S. The largest absolute Gasteiger partial charge is 0.447 e. The zero-order valence-electron chi connectivity index (χ0n) is 10.8. The standard InChI is InChI=1S/C11H19N3O4S/c1-14-4-5-17-10(8-14)7-13-6-9-2-3-11(18-9)19(12,15)16/h2-3,10,13H,4-8H2,1H3,(H2,12,15,16). The van der Waals surface area contributed by atoms with Gasteiger partial charge < -0.3 is 19.4 Å². The smallest absolute Gasteiger partial charge is 0.271 e. The number of nitrogens with two attached hydrogens (primary N) is 1. The average molecular weight is 289 g/mol. The molecule has 1 aromatic rings. The third-order valence-electron chi connectivity index (χ3n) is 2.93. The molecule has 0 amide bonds. The minimum Gasteiger partial charge on any atom is -0.447 e. The lowest BCUT2D eigenvalue weighted by molar-refractivity contribution is -0.0183. The first kappa shape index (κ1) is 14.5. The Morgan fingerprint density at radius 2 is 2.32 bits per heavy atom. The Balaban J connectivity index is 1.78. The van der Waals surface area contributed by atoms with Crippen molar-refractivity contribution in [1.29, 1.82) is 0 Å². The number of rotatable bonds is 5. The maximum absolute atomic E-state index is 11.0. The van der Waals surface area contributed by atoms with E-state index in [4.69, 9.17) is 14.3 Å². The fourth-order valence-corrected chi connectivity index (χ4v) is 2.43. The first-order chi connectivity index (χ1) is 8.95. The van der Waals surface area contributed by atoms with E-state index in [-0.39, 0.29) is 11.2 Å². The van der Waals surface area contributed by atoms with Crippen LogP contribution in [0.1, 0.15) is 5.76 Å². The molecule has 1 saturated heterocycles. The highest BCUT2D eigenvalue weighted by atomic mass is 32.2. The lowest BCUT2D eigenvalue weighted by atomic mass is 10.3. The monoisotopic (exact) mass is 289 g/mol. The second kappa shape index (κ2) is 6.02. The zero-order chi connectivity index (χ0) is 13.9. The fourth-order valence-electron chi connectivity index (χ4n) is 1.95. The molecule has 0 bridgehead atoms. The van der Waals surface area contributed by atoms with Crippen molar-refractivity contribution in [3.63, 3.8) is 0 Å². The van der Waals surface area contributed by atoms with Gasteiger partial charge in [0.25, 0.3) is 10.0 Å². The van der Waals surface area contributed by atoms with Crippen molar-refractivity contribution in [2.24, 2.45) is 5.14 Å². The van der Waals surface area contributed by atoms with Gasteiger partial charge in [-0.15, -0.1) is 0 Å². The van der Waals surface area contributed by atoms with Crippen molar-refractivity contribution in [2.45, 2.75) is 17.7 Å². The summed E-state index contributed by atoms with van der Waals surface area (Å²) in [5.74, 6) is 0.535. The second-order valence-corrected chi connectivity index (χ2v) is 6.14. The molecule has 19 heavy (non-hydrogen) atoms. The van der Waals surface area contributed by atoms with Crippen molar-refractivity contribution in [1.82, 2.24) is 10.2 Å². The summed E-state index contributed by atoms with van der Waals surface area (Å²) in [5.41, 5.74) is 0. The third-order valence-corrected chi connectivity index (χ3v) is 3.71. The van der Waals surface area contributed by atoms with E-state index >= 15 is 0 Å². The quantitative estimate of drug-likeness (QED) is 0.747. The Kier molecular flexibility index (Phi) is 4.58. The summed E-state index contributed by atoms with van der Waals surface area (Å²) in [4.78, 5) is 2.21. The average Bonchev–Trinajstić information content (AvgIpc) is 2.77. The number of nitrogens with zero attached hydrogens (tertiary/aromatic N) is 1. The van der Waals surface area contributed by atoms with Crippen LogP contribution in [0.25, 0.3) is 0 Å². The third kappa shape index (κ3) is 4.29. The topological polar surface area (TPSA) is 97.8 Å². The molecule has 0 radical (unpaired) electrons. The summed E-state index contributed by atoms with van der Waals surface area (Å²) in [6, 6.07) is 2.96. The highest BCUT2D eigenvalue weighted by Crippen LogP contribution is 2.12. The van der Waals surface area contributed by atoms with Crippen LogP contribution in [0, 0.1) is 0 Å². The normalized spacial score (nSPS) is 21.7. The minimum atomic E-state index is -3.76. The van der Waals surface area contributed by atoms with Crippen LogP contribution in [-0.4, -0.2) is 52.7 Å². The molecule has 0 spiro atoms. The van der Waals surface area contributed by atoms with Crippen molar-refractivity contribution < 1.29 is 17.6 Å². The van der Waals surface area contributed by atoms with Crippen LogP contribution in [0.3, 0.4) is 0 Å². The number of furan rings is 1. The molecule has 1 fully saturated rings. The molecule has 1 aromatic heterocycles. The highest BCUT2D eigenvalue weighted by Gasteiger charge is 2.17. The SMILES string of the molecule is CN1CCOC(CNCc2ccc(S(N)(=O)=O)o2)C1. The van der Waals surface area contributed by atoms with Gasteiger partial charge in [0, 0.05) is 19.6 Å². The van der Waals surface area contributed by atoms with E-state index in [9.17, 15) is 8.42 Å². The Hall–Kier alpha value is -0.930. The van der Waals surface area contributed by atoms with Gasteiger partial charge in [0.05, 0.1) is 19.3 Å². The van der Waals surface area contributed by atoms with Gasteiger partial charge in [-0.2, -0.15) is 0 Å². The molecule has 108 valence electrons. The molecule has 1 atom stereocenters. The summed E-state index contributed by atoms with van der Waals surface area (Å²) in [5, 5.41) is 7.93. The van der Waals surface area contributed by atoms with Crippen molar-refractivity contribution in [3.8, 4) is 0 Å². The van der Waals surface area contributed by atoms with Crippen LogP contribution in [0.5, 0.6) is 0 Å². The Bertz CT molecular complexity index is 514. The van der Waals surface area contributed by atoms with Gasteiger partial charge in [0.2, 0.25) is 5.09 Å². The van der Waals surface area contributed by atoms with E-state index in [1.54, 1.807) is 6.07 Å². The van der Waals surface area contributed by atoms with Crippen molar-refractivity contribution in [3.05, 3.63) is 17.9 Å². The first-order valence-electron chi connectivity index (χ1n) is 6.07.